The summed E-state index contributed by atoms with van der Waals surface area (Å²) in [7, 11) is 0. The number of carboxylic acids is 2. The second kappa shape index (κ2) is 12.1. The highest BCUT2D eigenvalue weighted by atomic mass is 16.5. The average molecular weight is 487 g/mol. The van der Waals surface area contributed by atoms with Gasteiger partial charge in [-0.25, -0.2) is 0 Å². The highest BCUT2D eigenvalue weighted by Gasteiger charge is 2.19. The lowest BCUT2D eigenvalue weighted by Gasteiger charge is -2.20. The molecule has 4 aromatic rings. The van der Waals surface area contributed by atoms with Gasteiger partial charge in [-0.15, -0.1) is 0 Å². The van der Waals surface area contributed by atoms with Crippen molar-refractivity contribution in [1.82, 2.24) is 0 Å². The van der Waals surface area contributed by atoms with Crippen LogP contribution in [0.3, 0.4) is 0 Å². The average Bonchev–Trinajstić information content (AvgIpc) is 2.87. The first-order chi connectivity index (χ1) is 17.5. The van der Waals surface area contributed by atoms with Gasteiger partial charge in [0.1, 0.15) is 11.5 Å². The molecule has 0 aliphatic carbocycles. The van der Waals surface area contributed by atoms with E-state index >= 15 is 0 Å². The molecule has 186 valence electrons. The third-order valence-corrected chi connectivity index (χ3v) is 6.12. The zero-order valence-electron chi connectivity index (χ0n) is 20.1. The first-order valence-corrected chi connectivity index (χ1v) is 12.3. The molecule has 0 bridgehead atoms. The summed E-state index contributed by atoms with van der Waals surface area (Å²) in [5.74, 6) is -0.170. The van der Waals surface area contributed by atoms with Gasteiger partial charge >= 0.3 is 11.9 Å². The predicted octanol–water partition coefficient (Wildman–Crippen LogP) is 6.93. The van der Waals surface area contributed by atoms with E-state index in [9.17, 15) is 9.59 Å². The minimum atomic E-state index is -0.803. The lowest BCUT2D eigenvalue weighted by Crippen LogP contribution is -2.04. The molecule has 6 heteroatoms. The number of ether oxygens (including phenoxy) is 2. The number of aliphatic carboxylic acids is 2. The van der Waals surface area contributed by atoms with Crippen LogP contribution in [-0.2, 0) is 9.59 Å². The standard InChI is InChI=1S/C30H30O6/c31-27(32)13-5-7-19-35-25-17-15-21-9-1-3-11-23(21)29(25)30-24-12-4-2-10-22(24)16-18-26(30)36-20-8-6-14-28(33)34/h1-4,9-12,15-18H,5-8,13-14,19-20H2,(H,31,32)(H,33,34). The highest BCUT2D eigenvalue weighted by Crippen LogP contribution is 2.45. The van der Waals surface area contributed by atoms with Gasteiger partial charge < -0.3 is 19.7 Å². The summed E-state index contributed by atoms with van der Waals surface area (Å²) in [4.78, 5) is 21.7. The lowest BCUT2D eigenvalue weighted by atomic mass is 9.92. The van der Waals surface area contributed by atoms with Crippen LogP contribution in [0.15, 0.2) is 72.8 Å². The van der Waals surface area contributed by atoms with Crippen molar-refractivity contribution in [3.8, 4) is 22.6 Å². The van der Waals surface area contributed by atoms with Crippen molar-refractivity contribution in [1.29, 1.82) is 0 Å². The molecule has 0 spiro atoms. The normalized spacial score (nSPS) is 11.0. The molecule has 0 fully saturated rings. The first-order valence-electron chi connectivity index (χ1n) is 12.3. The van der Waals surface area contributed by atoms with Crippen LogP contribution in [0, 0.1) is 0 Å². The summed E-state index contributed by atoms with van der Waals surface area (Å²) >= 11 is 0. The summed E-state index contributed by atoms with van der Waals surface area (Å²) in [6, 6.07) is 24.3. The van der Waals surface area contributed by atoms with E-state index in [4.69, 9.17) is 19.7 Å². The maximum Gasteiger partial charge on any atom is 0.303 e. The number of unbranched alkanes of at least 4 members (excludes halogenated alkanes) is 2. The molecule has 0 aliphatic rings. The summed E-state index contributed by atoms with van der Waals surface area (Å²) in [5, 5.41) is 22.1. The number of benzene rings is 4. The first kappa shape index (κ1) is 25.0. The van der Waals surface area contributed by atoms with Crippen molar-refractivity contribution in [2.75, 3.05) is 13.2 Å². The van der Waals surface area contributed by atoms with E-state index in [1.165, 1.54) is 0 Å². The smallest absolute Gasteiger partial charge is 0.303 e. The van der Waals surface area contributed by atoms with Crippen LogP contribution in [0.5, 0.6) is 11.5 Å². The van der Waals surface area contributed by atoms with Crippen LogP contribution in [-0.4, -0.2) is 35.4 Å². The van der Waals surface area contributed by atoms with Crippen LogP contribution in [0.2, 0.25) is 0 Å². The van der Waals surface area contributed by atoms with Crippen molar-refractivity contribution >= 4 is 33.5 Å². The Labute approximate surface area is 210 Å². The van der Waals surface area contributed by atoms with Gasteiger partial charge in [0, 0.05) is 24.0 Å². The molecule has 0 aliphatic heterocycles. The molecule has 0 atom stereocenters. The quantitative estimate of drug-likeness (QED) is 0.199. The molecule has 0 radical (unpaired) electrons. The summed E-state index contributed by atoms with van der Waals surface area (Å²) in [5.41, 5.74) is 1.87. The Morgan fingerprint density at radius 1 is 0.556 bits per heavy atom. The summed E-state index contributed by atoms with van der Waals surface area (Å²) in [6.07, 6.45) is 2.63. The maximum atomic E-state index is 10.9. The van der Waals surface area contributed by atoms with E-state index < -0.39 is 11.9 Å². The van der Waals surface area contributed by atoms with Gasteiger partial charge in [-0.1, -0.05) is 60.7 Å². The third kappa shape index (κ3) is 6.13. The van der Waals surface area contributed by atoms with Crippen molar-refractivity contribution in [3.63, 3.8) is 0 Å². The molecule has 4 aromatic carbocycles. The van der Waals surface area contributed by atoms with Crippen LogP contribution in [0.1, 0.15) is 38.5 Å². The Bertz CT molecular complexity index is 1260. The Kier molecular flexibility index (Phi) is 8.40. The number of carboxylic acid groups (broad SMARTS) is 2. The third-order valence-electron chi connectivity index (χ3n) is 6.12. The number of hydrogen-bond donors (Lipinski definition) is 2. The minimum absolute atomic E-state index is 0.122. The second-order valence-corrected chi connectivity index (χ2v) is 8.72. The van der Waals surface area contributed by atoms with Gasteiger partial charge in [0.15, 0.2) is 0 Å². The number of carbonyl (C=O) groups is 2. The molecule has 0 heterocycles. The van der Waals surface area contributed by atoms with E-state index in [2.05, 4.69) is 24.3 Å². The molecule has 2 N–H and O–H groups in total. The Balaban J connectivity index is 1.75. The largest absolute Gasteiger partial charge is 0.493 e. The number of hydrogen-bond acceptors (Lipinski definition) is 4. The van der Waals surface area contributed by atoms with E-state index in [0.717, 1.165) is 44.2 Å². The van der Waals surface area contributed by atoms with E-state index in [-0.39, 0.29) is 12.8 Å². The van der Waals surface area contributed by atoms with E-state index in [1.807, 2.05) is 48.5 Å². The molecule has 0 saturated heterocycles. The minimum Gasteiger partial charge on any atom is -0.493 e. The molecule has 36 heavy (non-hydrogen) atoms. The number of rotatable bonds is 13. The maximum absolute atomic E-state index is 10.9. The van der Waals surface area contributed by atoms with Crippen LogP contribution in [0.4, 0.5) is 0 Å². The fraction of sp³-hybridized carbons (Fsp3) is 0.267. The molecule has 0 amide bonds. The van der Waals surface area contributed by atoms with Gasteiger partial charge in [0.2, 0.25) is 0 Å². The van der Waals surface area contributed by atoms with Gasteiger partial charge in [-0.05, 0) is 59.4 Å². The topological polar surface area (TPSA) is 93.1 Å². The van der Waals surface area contributed by atoms with Crippen LogP contribution in [0.25, 0.3) is 32.7 Å². The molecular weight excluding hydrogens is 456 g/mol. The Morgan fingerprint density at radius 2 is 0.972 bits per heavy atom. The Morgan fingerprint density at radius 3 is 1.39 bits per heavy atom. The summed E-state index contributed by atoms with van der Waals surface area (Å²) in [6.45, 7) is 0.823. The Hall–Kier alpha value is -4.06. The van der Waals surface area contributed by atoms with Gasteiger partial charge in [0.25, 0.3) is 0 Å². The van der Waals surface area contributed by atoms with Crippen molar-refractivity contribution in [2.45, 2.75) is 38.5 Å². The highest BCUT2D eigenvalue weighted by molar-refractivity contribution is 6.09. The lowest BCUT2D eigenvalue weighted by molar-refractivity contribution is -0.138. The molecular formula is C30H30O6. The van der Waals surface area contributed by atoms with Gasteiger partial charge in [-0.2, -0.15) is 0 Å². The molecule has 4 rings (SSSR count). The fourth-order valence-corrected chi connectivity index (χ4v) is 4.38. The zero-order chi connectivity index (χ0) is 25.3. The molecule has 6 nitrogen and oxygen atoms in total. The predicted molar refractivity (Wildman–Crippen MR) is 141 cm³/mol. The van der Waals surface area contributed by atoms with Gasteiger partial charge in [0.05, 0.1) is 13.2 Å². The SMILES string of the molecule is O=C(O)CCCCOc1ccc2ccccc2c1-c1c(OCCCCC(=O)O)ccc2ccccc12. The summed E-state index contributed by atoms with van der Waals surface area (Å²) < 4.78 is 12.5. The monoisotopic (exact) mass is 486 g/mol. The fourth-order valence-electron chi connectivity index (χ4n) is 4.38. The van der Waals surface area contributed by atoms with Crippen LogP contribution < -0.4 is 9.47 Å². The van der Waals surface area contributed by atoms with E-state index in [0.29, 0.717) is 38.9 Å². The second-order valence-electron chi connectivity index (χ2n) is 8.72. The van der Waals surface area contributed by atoms with Crippen molar-refractivity contribution < 1.29 is 29.3 Å². The van der Waals surface area contributed by atoms with Crippen LogP contribution >= 0.6 is 0 Å². The van der Waals surface area contributed by atoms with E-state index in [1.54, 1.807) is 0 Å². The van der Waals surface area contributed by atoms with Gasteiger partial charge in [-0.3, -0.25) is 9.59 Å². The van der Waals surface area contributed by atoms with Crippen molar-refractivity contribution in [2.24, 2.45) is 0 Å². The number of fused-ring (bicyclic) bond motifs is 2. The zero-order valence-corrected chi connectivity index (χ0v) is 20.1. The van der Waals surface area contributed by atoms with Crippen molar-refractivity contribution in [3.05, 3.63) is 72.8 Å². The molecule has 0 aromatic heterocycles. The molecule has 0 saturated carbocycles. The molecule has 0 unspecified atom stereocenters.